The second-order valence-electron chi connectivity index (χ2n) is 6.14. The predicted octanol–water partition coefficient (Wildman–Crippen LogP) is 4.54. The highest BCUT2D eigenvalue weighted by Gasteiger charge is 2.43. The lowest BCUT2D eigenvalue weighted by Crippen LogP contribution is -2.36. The first-order valence-corrected chi connectivity index (χ1v) is 8.19. The second-order valence-corrected chi connectivity index (χ2v) is 6.14. The molecule has 0 radical (unpaired) electrons. The molecule has 0 heterocycles. The zero-order chi connectivity index (χ0) is 14.6. The Morgan fingerprint density at radius 2 is 1.90 bits per heavy atom. The van der Waals surface area contributed by atoms with E-state index in [0.717, 1.165) is 31.5 Å². The third-order valence-corrected chi connectivity index (χ3v) is 4.99. The van der Waals surface area contributed by atoms with Crippen molar-refractivity contribution in [1.29, 1.82) is 0 Å². The molecule has 112 valence electrons. The van der Waals surface area contributed by atoms with Crippen molar-refractivity contribution in [2.75, 3.05) is 18.0 Å². The molecule has 20 heavy (non-hydrogen) atoms. The maximum atomic E-state index is 10.9. The van der Waals surface area contributed by atoms with E-state index in [1.54, 1.807) is 0 Å². The molecule has 1 aliphatic rings. The van der Waals surface area contributed by atoms with Crippen LogP contribution in [0.1, 0.15) is 64.5 Å². The molecule has 1 fully saturated rings. The van der Waals surface area contributed by atoms with Crippen LogP contribution in [0.4, 0.5) is 5.69 Å². The molecule has 1 atom stereocenters. The van der Waals surface area contributed by atoms with Crippen molar-refractivity contribution in [3.63, 3.8) is 0 Å². The minimum absolute atomic E-state index is 0.149. The van der Waals surface area contributed by atoms with Crippen LogP contribution in [0.5, 0.6) is 0 Å². The first kappa shape index (κ1) is 15.4. The summed E-state index contributed by atoms with van der Waals surface area (Å²) in [7, 11) is 0. The van der Waals surface area contributed by atoms with Crippen molar-refractivity contribution in [3.8, 4) is 0 Å². The van der Waals surface area contributed by atoms with Crippen LogP contribution >= 0.6 is 0 Å². The van der Waals surface area contributed by atoms with Crippen molar-refractivity contribution in [2.45, 2.75) is 59.0 Å². The quantitative estimate of drug-likeness (QED) is 0.790. The Morgan fingerprint density at radius 1 is 1.20 bits per heavy atom. The van der Waals surface area contributed by atoms with Crippen molar-refractivity contribution in [2.24, 2.45) is 5.41 Å². The molecule has 0 aromatic heterocycles. The van der Waals surface area contributed by atoms with Crippen LogP contribution in [-0.4, -0.2) is 18.2 Å². The number of aliphatic hydroxyl groups is 1. The van der Waals surface area contributed by atoms with Gasteiger partial charge in [0.25, 0.3) is 0 Å². The van der Waals surface area contributed by atoms with Gasteiger partial charge >= 0.3 is 0 Å². The van der Waals surface area contributed by atoms with Gasteiger partial charge < -0.3 is 10.0 Å². The summed E-state index contributed by atoms with van der Waals surface area (Å²) in [6.45, 7) is 8.60. The Balaban J connectivity index is 2.21. The van der Waals surface area contributed by atoms with E-state index in [9.17, 15) is 5.11 Å². The number of nitrogens with zero attached hydrogens (tertiary/aromatic N) is 1. The van der Waals surface area contributed by atoms with Gasteiger partial charge in [-0.1, -0.05) is 31.9 Å². The van der Waals surface area contributed by atoms with Gasteiger partial charge in [0.15, 0.2) is 0 Å². The molecule has 0 saturated heterocycles. The zero-order valence-corrected chi connectivity index (χ0v) is 13.2. The molecule has 0 spiro atoms. The van der Waals surface area contributed by atoms with E-state index in [2.05, 4.69) is 49.9 Å². The zero-order valence-electron chi connectivity index (χ0n) is 13.2. The molecule has 1 unspecified atom stereocenters. The Hall–Kier alpha value is -1.02. The summed E-state index contributed by atoms with van der Waals surface area (Å²) in [5.74, 6) is 0. The summed E-state index contributed by atoms with van der Waals surface area (Å²) in [5, 5.41) is 10.9. The Morgan fingerprint density at radius 3 is 2.40 bits per heavy atom. The van der Waals surface area contributed by atoms with E-state index in [0.29, 0.717) is 0 Å². The lowest BCUT2D eigenvalue weighted by molar-refractivity contribution is -0.0440. The Labute approximate surface area is 123 Å². The number of anilines is 1. The van der Waals surface area contributed by atoms with E-state index in [1.165, 1.54) is 24.9 Å². The molecule has 2 rings (SSSR count). The highest BCUT2D eigenvalue weighted by molar-refractivity contribution is 5.49. The van der Waals surface area contributed by atoms with Crippen LogP contribution in [-0.2, 0) is 0 Å². The largest absolute Gasteiger partial charge is 0.388 e. The van der Waals surface area contributed by atoms with Gasteiger partial charge in [0.1, 0.15) is 0 Å². The molecule has 0 amide bonds. The smallest absolute Gasteiger partial charge is 0.0846 e. The van der Waals surface area contributed by atoms with Crippen molar-refractivity contribution in [1.82, 2.24) is 0 Å². The number of hydrogen-bond acceptors (Lipinski definition) is 2. The number of rotatable bonds is 7. The van der Waals surface area contributed by atoms with Gasteiger partial charge in [0.05, 0.1) is 6.10 Å². The van der Waals surface area contributed by atoms with E-state index in [-0.39, 0.29) is 11.5 Å². The Bertz CT molecular complexity index is 421. The van der Waals surface area contributed by atoms with Crippen molar-refractivity contribution < 1.29 is 5.11 Å². The second kappa shape index (κ2) is 6.62. The van der Waals surface area contributed by atoms with Gasteiger partial charge in [0.2, 0.25) is 0 Å². The van der Waals surface area contributed by atoms with Crippen molar-refractivity contribution >= 4 is 5.69 Å². The van der Waals surface area contributed by atoms with Crippen LogP contribution in [0.15, 0.2) is 24.3 Å². The first-order chi connectivity index (χ1) is 9.66. The summed E-state index contributed by atoms with van der Waals surface area (Å²) in [4.78, 5) is 2.34. The van der Waals surface area contributed by atoms with Crippen LogP contribution < -0.4 is 4.90 Å². The number of aliphatic hydroxyl groups excluding tert-OH is 1. The highest BCUT2D eigenvalue weighted by atomic mass is 16.3. The third kappa shape index (κ3) is 2.85. The molecule has 1 aromatic carbocycles. The maximum Gasteiger partial charge on any atom is 0.0846 e. The molecule has 0 aliphatic heterocycles. The van der Waals surface area contributed by atoms with Gasteiger partial charge in [-0.25, -0.2) is 0 Å². The fourth-order valence-electron chi connectivity index (χ4n) is 3.62. The van der Waals surface area contributed by atoms with E-state index in [4.69, 9.17) is 0 Å². The Kier molecular flexibility index (Phi) is 5.09. The molecule has 1 saturated carbocycles. The van der Waals surface area contributed by atoms with Gasteiger partial charge in [0, 0.05) is 24.2 Å². The SMILES string of the molecule is CCCC1(C(O)c2cccc(N(CC)CC)c2)CCC1. The van der Waals surface area contributed by atoms with Crippen LogP contribution in [0.25, 0.3) is 0 Å². The molecule has 2 nitrogen and oxygen atoms in total. The molecular formula is C18H29NO. The molecule has 2 heteroatoms. The summed E-state index contributed by atoms with van der Waals surface area (Å²) in [6, 6.07) is 8.52. The highest BCUT2D eigenvalue weighted by Crippen LogP contribution is 2.53. The molecule has 1 N–H and O–H groups in total. The van der Waals surface area contributed by atoms with Gasteiger partial charge in [-0.2, -0.15) is 0 Å². The van der Waals surface area contributed by atoms with Gasteiger partial charge in [-0.3, -0.25) is 0 Å². The summed E-state index contributed by atoms with van der Waals surface area (Å²) in [5.41, 5.74) is 2.48. The van der Waals surface area contributed by atoms with E-state index >= 15 is 0 Å². The van der Waals surface area contributed by atoms with E-state index < -0.39 is 0 Å². The average molecular weight is 275 g/mol. The predicted molar refractivity (Wildman–Crippen MR) is 86.2 cm³/mol. The first-order valence-electron chi connectivity index (χ1n) is 8.19. The number of benzene rings is 1. The minimum Gasteiger partial charge on any atom is -0.388 e. The van der Waals surface area contributed by atoms with Crippen LogP contribution in [0.3, 0.4) is 0 Å². The lowest BCUT2D eigenvalue weighted by atomic mass is 9.61. The van der Waals surface area contributed by atoms with Crippen molar-refractivity contribution in [3.05, 3.63) is 29.8 Å². The summed E-state index contributed by atoms with van der Waals surface area (Å²) in [6.07, 6.45) is 5.63. The lowest BCUT2D eigenvalue weighted by Gasteiger charge is -2.46. The number of hydrogen-bond donors (Lipinski definition) is 1. The topological polar surface area (TPSA) is 23.5 Å². The molecular weight excluding hydrogens is 246 g/mol. The molecule has 1 aliphatic carbocycles. The van der Waals surface area contributed by atoms with E-state index in [1.807, 2.05) is 0 Å². The molecule has 0 bridgehead atoms. The maximum absolute atomic E-state index is 10.9. The third-order valence-electron chi connectivity index (χ3n) is 4.99. The standard InChI is InChI=1S/C18H29NO/c1-4-11-18(12-8-13-18)17(20)15-9-7-10-16(14-15)19(5-2)6-3/h7,9-10,14,17,20H,4-6,8,11-13H2,1-3H3. The monoisotopic (exact) mass is 275 g/mol. The average Bonchev–Trinajstić information content (AvgIpc) is 2.44. The normalized spacial score (nSPS) is 18.4. The summed E-state index contributed by atoms with van der Waals surface area (Å²) < 4.78 is 0. The minimum atomic E-state index is -0.299. The molecule has 1 aromatic rings. The van der Waals surface area contributed by atoms with Gasteiger partial charge in [-0.15, -0.1) is 0 Å². The fourth-order valence-corrected chi connectivity index (χ4v) is 3.62. The summed E-state index contributed by atoms with van der Waals surface area (Å²) >= 11 is 0. The van der Waals surface area contributed by atoms with Crippen LogP contribution in [0.2, 0.25) is 0 Å². The van der Waals surface area contributed by atoms with Gasteiger partial charge in [-0.05, 0) is 50.8 Å². The fraction of sp³-hybridized carbons (Fsp3) is 0.667. The van der Waals surface area contributed by atoms with Crippen LogP contribution in [0, 0.1) is 5.41 Å².